The van der Waals surface area contributed by atoms with E-state index in [4.69, 9.17) is 23.2 Å². The average Bonchev–Trinajstić information content (AvgIpc) is 2.90. The number of benzene rings is 1. The smallest absolute Gasteiger partial charge is 0.252 e. The molecule has 0 atom stereocenters. The summed E-state index contributed by atoms with van der Waals surface area (Å²) in [6.45, 7) is 1.70. The molecule has 0 saturated heterocycles. The lowest BCUT2D eigenvalue weighted by Crippen LogP contribution is -2.08. The molecule has 2 heterocycles. The highest BCUT2D eigenvalue weighted by atomic mass is 35.5. The number of hydrogen-bond acceptors (Lipinski definition) is 4. The average molecular weight is 342 g/mol. The summed E-state index contributed by atoms with van der Waals surface area (Å²) in [5, 5.41) is 0.155. The van der Waals surface area contributed by atoms with Gasteiger partial charge in [-0.25, -0.2) is 18.4 Å². The van der Waals surface area contributed by atoms with Crippen LogP contribution in [0.4, 0.5) is 0 Å². The van der Waals surface area contributed by atoms with Gasteiger partial charge in [0.1, 0.15) is 0 Å². The van der Waals surface area contributed by atoms with Gasteiger partial charge in [-0.3, -0.25) is 0 Å². The van der Waals surface area contributed by atoms with Crippen molar-refractivity contribution in [1.29, 1.82) is 0 Å². The summed E-state index contributed by atoms with van der Waals surface area (Å²) in [6.07, 6.45) is 3.08. The molecule has 5 nitrogen and oxygen atoms in total. The number of aryl methyl sites for hydroxylation is 1. The normalized spacial score (nSPS) is 12.0. The fourth-order valence-corrected chi connectivity index (χ4v) is 3.83. The van der Waals surface area contributed by atoms with Gasteiger partial charge in [0.05, 0.1) is 27.1 Å². The van der Waals surface area contributed by atoms with Gasteiger partial charge in [-0.05, 0) is 30.7 Å². The van der Waals surface area contributed by atoms with Crippen molar-refractivity contribution in [3.05, 3.63) is 46.2 Å². The molecule has 3 rings (SSSR count). The maximum atomic E-state index is 12.6. The Morgan fingerprint density at radius 3 is 2.71 bits per heavy atom. The summed E-state index contributed by atoms with van der Waals surface area (Å²) >= 11 is 11.9. The molecule has 0 spiro atoms. The second kappa shape index (κ2) is 4.98. The number of H-pyrrole nitrogens is 1. The number of aromatic amines is 1. The first-order valence-electron chi connectivity index (χ1n) is 5.90. The molecule has 8 heteroatoms. The minimum Gasteiger partial charge on any atom is -0.359 e. The van der Waals surface area contributed by atoms with E-state index < -0.39 is 9.84 Å². The van der Waals surface area contributed by atoms with Gasteiger partial charge in [0.15, 0.2) is 0 Å². The summed E-state index contributed by atoms with van der Waals surface area (Å²) < 4.78 is 25.2. The number of nitrogens with one attached hydrogen (secondary N) is 1. The van der Waals surface area contributed by atoms with Gasteiger partial charge < -0.3 is 4.98 Å². The highest BCUT2D eigenvalue weighted by Crippen LogP contribution is 2.31. The van der Waals surface area contributed by atoms with E-state index in [-0.39, 0.29) is 15.1 Å². The Labute approximate surface area is 130 Å². The minimum absolute atomic E-state index is 0.0448. The van der Waals surface area contributed by atoms with Gasteiger partial charge in [-0.1, -0.05) is 23.2 Å². The molecular weight excluding hydrogens is 333 g/mol. The zero-order valence-electron chi connectivity index (χ0n) is 10.8. The molecule has 1 aromatic carbocycles. The van der Waals surface area contributed by atoms with Gasteiger partial charge in [0.25, 0.3) is 5.16 Å². The molecule has 0 radical (unpaired) electrons. The van der Waals surface area contributed by atoms with Gasteiger partial charge in [0, 0.05) is 11.2 Å². The van der Waals surface area contributed by atoms with Gasteiger partial charge in [-0.2, -0.15) is 0 Å². The van der Waals surface area contributed by atoms with E-state index in [9.17, 15) is 8.42 Å². The van der Waals surface area contributed by atoms with Crippen LogP contribution in [0, 0.1) is 6.92 Å². The number of rotatable bonds is 2. The van der Waals surface area contributed by atoms with Gasteiger partial charge in [-0.15, -0.1) is 0 Å². The molecule has 1 N–H and O–H groups in total. The van der Waals surface area contributed by atoms with Crippen molar-refractivity contribution in [3.63, 3.8) is 0 Å². The minimum atomic E-state index is -3.90. The van der Waals surface area contributed by atoms with Crippen LogP contribution in [0.25, 0.3) is 11.0 Å². The largest absolute Gasteiger partial charge is 0.359 e. The van der Waals surface area contributed by atoms with Crippen molar-refractivity contribution < 1.29 is 8.42 Å². The van der Waals surface area contributed by atoms with E-state index in [1.54, 1.807) is 19.2 Å². The molecule has 2 aromatic heterocycles. The summed E-state index contributed by atoms with van der Waals surface area (Å²) in [7, 11) is -3.90. The van der Waals surface area contributed by atoms with Crippen LogP contribution >= 0.6 is 23.2 Å². The fraction of sp³-hybridized carbons (Fsp3) is 0.0769. The number of hydrogen-bond donors (Lipinski definition) is 1. The van der Waals surface area contributed by atoms with E-state index in [0.717, 1.165) is 0 Å². The standard InChI is InChI=1S/C13H9Cl2N3O2S/c1-7-4-12(9(15)5-8(7)14)21(19,20)13-17-6-11-10(18-13)2-3-16-11/h2-6,16H,1H3. The molecule has 108 valence electrons. The number of aromatic nitrogens is 3. The molecule has 21 heavy (non-hydrogen) atoms. The second-order valence-electron chi connectivity index (χ2n) is 4.46. The molecule has 0 aliphatic heterocycles. The fourth-order valence-electron chi connectivity index (χ4n) is 1.89. The SMILES string of the molecule is Cc1cc(S(=O)(=O)c2ncc3[nH]ccc3n2)c(Cl)cc1Cl. The molecule has 0 aliphatic rings. The van der Waals surface area contributed by atoms with Crippen LogP contribution in [0.5, 0.6) is 0 Å². The van der Waals surface area contributed by atoms with Gasteiger partial charge in [0.2, 0.25) is 9.84 Å². The summed E-state index contributed by atoms with van der Waals surface area (Å²) in [5.74, 6) is 0. The van der Waals surface area contributed by atoms with E-state index in [1.165, 1.54) is 18.3 Å². The highest BCUT2D eigenvalue weighted by Gasteiger charge is 2.25. The Bertz CT molecular complexity index is 951. The molecule has 0 amide bonds. The second-order valence-corrected chi connectivity index (χ2v) is 7.09. The highest BCUT2D eigenvalue weighted by molar-refractivity contribution is 7.91. The third kappa shape index (κ3) is 2.39. The molecule has 3 aromatic rings. The molecule has 0 aliphatic carbocycles. The van der Waals surface area contributed by atoms with E-state index in [1.807, 2.05) is 0 Å². The van der Waals surface area contributed by atoms with Crippen molar-refractivity contribution in [3.8, 4) is 0 Å². The summed E-state index contributed by atoms with van der Waals surface area (Å²) in [4.78, 5) is 10.8. The zero-order valence-corrected chi connectivity index (χ0v) is 13.1. The summed E-state index contributed by atoms with van der Waals surface area (Å²) in [6, 6.07) is 4.50. The first-order valence-corrected chi connectivity index (χ1v) is 8.14. The maximum Gasteiger partial charge on any atom is 0.252 e. The topological polar surface area (TPSA) is 75.7 Å². The van der Waals surface area contributed by atoms with Crippen molar-refractivity contribution in [2.75, 3.05) is 0 Å². The summed E-state index contributed by atoms with van der Waals surface area (Å²) in [5.41, 5.74) is 1.79. The molecule has 0 saturated carbocycles. The van der Waals surface area contributed by atoms with Crippen LogP contribution in [-0.4, -0.2) is 23.4 Å². The zero-order chi connectivity index (χ0) is 15.2. The molecule has 0 bridgehead atoms. The molecule has 0 fully saturated rings. The van der Waals surface area contributed by atoms with E-state index in [0.29, 0.717) is 21.6 Å². The number of fused-ring (bicyclic) bond motifs is 1. The predicted molar refractivity (Wildman–Crippen MR) is 80.5 cm³/mol. The Hall–Kier alpha value is -1.63. The molecular formula is C13H9Cl2N3O2S. The molecule has 0 unspecified atom stereocenters. The lowest BCUT2D eigenvalue weighted by atomic mass is 10.2. The maximum absolute atomic E-state index is 12.6. The Morgan fingerprint density at radius 2 is 1.95 bits per heavy atom. The van der Waals surface area contributed by atoms with Crippen molar-refractivity contribution >= 4 is 44.1 Å². The lowest BCUT2D eigenvalue weighted by Gasteiger charge is -2.07. The van der Waals surface area contributed by atoms with Crippen LogP contribution in [0.2, 0.25) is 10.0 Å². The van der Waals surface area contributed by atoms with E-state index in [2.05, 4.69) is 15.0 Å². The Morgan fingerprint density at radius 1 is 1.19 bits per heavy atom. The lowest BCUT2D eigenvalue weighted by molar-refractivity contribution is 0.587. The monoisotopic (exact) mass is 341 g/mol. The third-order valence-electron chi connectivity index (χ3n) is 3.02. The first-order chi connectivity index (χ1) is 9.89. The predicted octanol–water partition coefficient (Wildman–Crippen LogP) is 3.41. The number of nitrogens with zero attached hydrogens (tertiary/aromatic N) is 2. The third-order valence-corrected chi connectivity index (χ3v) is 5.45. The number of sulfone groups is 1. The Kier molecular flexibility index (Phi) is 3.39. The van der Waals surface area contributed by atoms with Gasteiger partial charge >= 0.3 is 0 Å². The van der Waals surface area contributed by atoms with Crippen LogP contribution in [-0.2, 0) is 9.84 Å². The van der Waals surface area contributed by atoms with Crippen LogP contribution in [0.1, 0.15) is 5.56 Å². The van der Waals surface area contributed by atoms with Crippen molar-refractivity contribution in [1.82, 2.24) is 15.0 Å². The number of halogens is 2. The quantitative estimate of drug-likeness (QED) is 0.724. The Balaban J connectivity index is 2.22. The van der Waals surface area contributed by atoms with E-state index >= 15 is 0 Å². The van der Waals surface area contributed by atoms with Crippen molar-refractivity contribution in [2.45, 2.75) is 17.0 Å². The van der Waals surface area contributed by atoms with Crippen LogP contribution in [0.3, 0.4) is 0 Å². The van der Waals surface area contributed by atoms with Crippen LogP contribution in [0.15, 0.2) is 40.6 Å². The van der Waals surface area contributed by atoms with Crippen LogP contribution < -0.4 is 0 Å². The first kappa shape index (κ1) is 14.3. The van der Waals surface area contributed by atoms with Crippen molar-refractivity contribution in [2.24, 2.45) is 0 Å².